The second-order valence-electron chi connectivity index (χ2n) is 5.89. The van der Waals surface area contributed by atoms with Gasteiger partial charge in [0, 0.05) is 6.07 Å². The van der Waals surface area contributed by atoms with Gasteiger partial charge >= 0.3 is 10.1 Å². The summed E-state index contributed by atoms with van der Waals surface area (Å²) in [6.45, 7) is 6.06. The fourth-order valence-electron chi connectivity index (χ4n) is 1.86. The molecule has 0 aromatic heterocycles. The van der Waals surface area contributed by atoms with E-state index in [0.717, 1.165) is 17.7 Å². The molecule has 0 aliphatic carbocycles. The maximum Gasteiger partial charge on any atom is 0.342 e. The summed E-state index contributed by atoms with van der Waals surface area (Å²) in [6.07, 6.45) is 0. The van der Waals surface area contributed by atoms with Crippen molar-refractivity contribution in [3.8, 4) is 5.75 Å². The van der Waals surface area contributed by atoms with E-state index in [1.165, 1.54) is 12.1 Å². The van der Waals surface area contributed by atoms with Crippen LogP contribution in [0.3, 0.4) is 0 Å². The van der Waals surface area contributed by atoms with Gasteiger partial charge < -0.3 is 4.18 Å². The van der Waals surface area contributed by atoms with Crippen LogP contribution in [0.1, 0.15) is 26.3 Å². The highest BCUT2D eigenvalue weighted by molar-refractivity contribution is 7.87. The van der Waals surface area contributed by atoms with Crippen molar-refractivity contribution in [2.75, 3.05) is 0 Å². The smallest absolute Gasteiger partial charge is 0.342 e. The summed E-state index contributed by atoms with van der Waals surface area (Å²) in [4.78, 5) is -0.700. The molecule has 6 heteroatoms. The average molecular weight is 326 g/mol. The molecule has 0 unspecified atom stereocenters. The van der Waals surface area contributed by atoms with Gasteiger partial charge in [-0.1, -0.05) is 32.9 Å². The van der Waals surface area contributed by atoms with Crippen LogP contribution >= 0.6 is 0 Å². The first-order valence-corrected chi connectivity index (χ1v) is 8.00. The van der Waals surface area contributed by atoms with Crippen LogP contribution in [0.5, 0.6) is 5.75 Å². The first kappa shape index (κ1) is 16.4. The second kappa shape index (κ2) is 5.68. The molecule has 118 valence electrons. The molecule has 2 aromatic rings. The summed E-state index contributed by atoms with van der Waals surface area (Å²) in [7, 11) is -4.35. The number of hydrogen-bond donors (Lipinski definition) is 0. The first-order valence-electron chi connectivity index (χ1n) is 6.60. The summed E-state index contributed by atoms with van der Waals surface area (Å²) >= 11 is 0. The normalized spacial score (nSPS) is 12.2. The molecule has 0 bridgehead atoms. The molecule has 0 aliphatic heterocycles. The van der Waals surface area contributed by atoms with Crippen molar-refractivity contribution < 1.29 is 21.4 Å². The zero-order chi connectivity index (χ0) is 16.5. The zero-order valence-corrected chi connectivity index (χ0v) is 13.2. The second-order valence-corrected chi connectivity index (χ2v) is 7.40. The van der Waals surface area contributed by atoms with Crippen molar-refractivity contribution >= 4 is 10.1 Å². The van der Waals surface area contributed by atoms with E-state index >= 15 is 0 Å². The Kier molecular flexibility index (Phi) is 4.24. The summed E-state index contributed by atoms with van der Waals surface area (Å²) in [5.74, 6) is -1.98. The largest absolute Gasteiger partial charge is 0.379 e. The molecule has 0 radical (unpaired) electrons. The van der Waals surface area contributed by atoms with E-state index in [4.69, 9.17) is 4.18 Å². The standard InChI is InChI=1S/C16H16F2O3S/c1-16(2,3)11-4-7-13(8-5-11)21-22(19,20)15-9-6-12(17)10-14(15)18/h4-10H,1-3H3. The van der Waals surface area contributed by atoms with Crippen LogP contribution in [0.2, 0.25) is 0 Å². The summed E-state index contributed by atoms with van der Waals surface area (Å²) < 4.78 is 55.4. The molecule has 0 atom stereocenters. The Hall–Kier alpha value is -1.95. The summed E-state index contributed by atoms with van der Waals surface area (Å²) in [5, 5.41) is 0. The lowest BCUT2D eigenvalue weighted by molar-refractivity contribution is 0.474. The van der Waals surface area contributed by atoms with Crippen LogP contribution in [0.15, 0.2) is 47.4 Å². The fraction of sp³-hybridized carbons (Fsp3) is 0.250. The van der Waals surface area contributed by atoms with Crippen LogP contribution in [0, 0.1) is 11.6 Å². The molecule has 0 fully saturated rings. The van der Waals surface area contributed by atoms with Gasteiger partial charge in [-0.15, -0.1) is 0 Å². The Labute approximate surface area is 128 Å². The predicted molar refractivity (Wildman–Crippen MR) is 79.3 cm³/mol. The van der Waals surface area contributed by atoms with Crippen LogP contribution in [-0.4, -0.2) is 8.42 Å². The molecule has 0 saturated carbocycles. The molecule has 3 nitrogen and oxygen atoms in total. The van der Waals surface area contributed by atoms with Crippen LogP contribution in [0.4, 0.5) is 8.78 Å². The van der Waals surface area contributed by atoms with E-state index in [1.807, 2.05) is 20.8 Å². The third kappa shape index (κ3) is 3.62. The van der Waals surface area contributed by atoms with Crippen molar-refractivity contribution in [1.82, 2.24) is 0 Å². The lowest BCUT2D eigenvalue weighted by Crippen LogP contribution is -2.13. The molecule has 0 aliphatic rings. The highest BCUT2D eigenvalue weighted by Gasteiger charge is 2.22. The number of hydrogen-bond acceptors (Lipinski definition) is 3. The van der Waals surface area contributed by atoms with Crippen LogP contribution < -0.4 is 4.18 Å². The van der Waals surface area contributed by atoms with Gasteiger partial charge in [-0.05, 0) is 35.2 Å². The van der Waals surface area contributed by atoms with Crippen molar-refractivity contribution in [1.29, 1.82) is 0 Å². The molecular weight excluding hydrogens is 310 g/mol. The van der Waals surface area contributed by atoms with Gasteiger partial charge in [0.1, 0.15) is 22.3 Å². The SMILES string of the molecule is CC(C)(C)c1ccc(OS(=O)(=O)c2ccc(F)cc2F)cc1. The Morgan fingerprint density at radius 3 is 2.05 bits per heavy atom. The predicted octanol–water partition coefficient (Wildman–Crippen LogP) is 4.03. The van der Waals surface area contributed by atoms with Gasteiger partial charge in [-0.3, -0.25) is 0 Å². The Morgan fingerprint density at radius 1 is 0.955 bits per heavy atom. The minimum absolute atomic E-state index is 0.0664. The van der Waals surface area contributed by atoms with Gasteiger partial charge in [0.15, 0.2) is 0 Å². The van der Waals surface area contributed by atoms with Crippen molar-refractivity contribution in [3.05, 3.63) is 59.7 Å². The highest BCUT2D eigenvalue weighted by atomic mass is 32.2. The van der Waals surface area contributed by atoms with Gasteiger partial charge in [0.25, 0.3) is 0 Å². The zero-order valence-electron chi connectivity index (χ0n) is 12.4. The minimum Gasteiger partial charge on any atom is -0.379 e. The highest BCUT2D eigenvalue weighted by Crippen LogP contribution is 2.26. The fourth-order valence-corrected chi connectivity index (χ4v) is 2.85. The van der Waals surface area contributed by atoms with Crippen molar-refractivity contribution in [2.45, 2.75) is 31.1 Å². The topological polar surface area (TPSA) is 43.4 Å². The van der Waals surface area contributed by atoms with Crippen molar-refractivity contribution in [3.63, 3.8) is 0 Å². The van der Waals surface area contributed by atoms with Crippen LogP contribution in [-0.2, 0) is 15.5 Å². The molecule has 2 rings (SSSR count). The third-order valence-corrected chi connectivity index (χ3v) is 4.37. The Bertz CT molecular complexity index is 776. The lowest BCUT2D eigenvalue weighted by Gasteiger charge is -2.19. The van der Waals surface area contributed by atoms with E-state index in [2.05, 4.69) is 0 Å². The maximum atomic E-state index is 13.6. The molecule has 0 heterocycles. The van der Waals surface area contributed by atoms with E-state index in [-0.39, 0.29) is 11.2 Å². The monoisotopic (exact) mass is 326 g/mol. The molecule has 0 saturated heterocycles. The number of halogens is 2. The minimum atomic E-state index is -4.35. The lowest BCUT2D eigenvalue weighted by atomic mass is 9.87. The average Bonchev–Trinajstić information content (AvgIpc) is 2.37. The Balaban J connectivity index is 2.29. The summed E-state index contributed by atoms with van der Waals surface area (Å²) in [6, 6.07) is 8.68. The molecule has 2 aromatic carbocycles. The molecule has 22 heavy (non-hydrogen) atoms. The van der Waals surface area contributed by atoms with E-state index in [1.54, 1.807) is 12.1 Å². The first-order chi connectivity index (χ1) is 10.1. The van der Waals surface area contributed by atoms with Gasteiger partial charge in [-0.2, -0.15) is 8.42 Å². The van der Waals surface area contributed by atoms with Crippen LogP contribution in [0.25, 0.3) is 0 Å². The molecule has 0 N–H and O–H groups in total. The number of rotatable bonds is 3. The summed E-state index contributed by atoms with van der Waals surface area (Å²) in [5.41, 5.74) is 0.922. The quantitative estimate of drug-likeness (QED) is 0.800. The van der Waals surface area contributed by atoms with E-state index in [0.29, 0.717) is 6.07 Å². The van der Waals surface area contributed by atoms with E-state index in [9.17, 15) is 17.2 Å². The van der Waals surface area contributed by atoms with Crippen molar-refractivity contribution in [2.24, 2.45) is 0 Å². The number of benzene rings is 2. The molecule has 0 amide bonds. The van der Waals surface area contributed by atoms with E-state index < -0.39 is 26.6 Å². The van der Waals surface area contributed by atoms with Gasteiger partial charge in [0.2, 0.25) is 0 Å². The molecular formula is C16H16F2O3S. The van der Waals surface area contributed by atoms with Gasteiger partial charge in [0.05, 0.1) is 0 Å². The Morgan fingerprint density at radius 2 is 1.55 bits per heavy atom. The van der Waals surface area contributed by atoms with Gasteiger partial charge in [-0.25, -0.2) is 8.78 Å². The molecule has 0 spiro atoms. The maximum absolute atomic E-state index is 13.6. The third-order valence-electron chi connectivity index (χ3n) is 3.09.